The summed E-state index contributed by atoms with van der Waals surface area (Å²) >= 11 is 3.37. The van der Waals surface area contributed by atoms with Crippen molar-refractivity contribution in [1.29, 1.82) is 0 Å². The van der Waals surface area contributed by atoms with Gasteiger partial charge in [0.2, 0.25) is 5.88 Å². The van der Waals surface area contributed by atoms with Crippen molar-refractivity contribution in [1.82, 2.24) is 15.3 Å². The Balaban J connectivity index is 2.15. The van der Waals surface area contributed by atoms with Crippen molar-refractivity contribution < 1.29 is 4.74 Å². The molecule has 0 unspecified atom stereocenters. The lowest BCUT2D eigenvalue weighted by atomic mass is 10.2. The van der Waals surface area contributed by atoms with Crippen LogP contribution in [0.15, 0.2) is 35.1 Å². The van der Waals surface area contributed by atoms with E-state index in [1.165, 1.54) is 0 Å². The van der Waals surface area contributed by atoms with Crippen LogP contribution >= 0.6 is 15.9 Å². The van der Waals surface area contributed by atoms with Crippen LogP contribution in [0.25, 0.3) is 0 Å². The van der Waals surface area contributed by atoms with Crippen molar-refractivity contribution in [2.24, 2.45) is 0 Å². The zero-order chi connectivity index (χ0) is 14.5. The van der Waals surface area contributed by atoms with E-state index in [9.17, 15) is 0 Å². The Kier molecular flexibility index (Phi) is 5.09. The highest BCUT2D eigenvalue weighted by atomic mass is 79.9. The molecule has 0 spiro atoms. The highest BCUT2D eigenvalue weighted by Gasteiger charge is 2.04. The molecular formula is C15H18BrN3O. The number of nitrogens with zero attached hydrogens (tertiary/aromatic N) is 2. The number of hydrogen-bond donors (Lipinski definition) is 1. The van der Waals surface area contributed by atoms with Gasteiger partial charge in [0.25, 0.3) is 0 Å². The Bertz CT molecular complexity index is 587. The summed E-state index contributed by atoms with van der Waals surface area (Å²) in [5.41, 5.74) is 2.09. The van der Waals surface area contributed by atoms with E-state index < -0.39 is 0 Å². The van der Waals surface area contributed by atoms with E-state index in [-0.39, 0.29) is 0 Å². The van der Waals surface area contributed by atoms with Gasteiger partial charge in [-0.25, -0.2) is 4.98 Å². The minimum absolute atomic E-state index is 0.446. The maximum Gasteiger partial charge on any atom is 0.219 e. The molecule has 0 saturated heterocycles. The molecule has 2 rings (SSSR count). The molecule has 2 heterocycles. The molecule has 5 heteroatoms. The van der Waals surface area contributed by atoms with Gasteiger partial charge in [0, 0.05) is 35.0 Å². The summed E-state index contributed by atoms with van der Waals surface area (Å²) in [7, 11) is 0. The molecule has 2 aromatic rings. The first-order chi connectivity index (χ1) is 9.52. The van der Waals surface area contributed by atoms with Crippen LogP contribution in [0.5, 0.6) is 11.6 Å². The number of rotatable bonds is 5. The molecule has 4 nitrogen and oxygen atoms in total. The number of pyridine rings is 2. The number of ether oxygens (including phenoxy) is 1. The van der Waals surface area contributed by atoms with Crippen molar-refractivity contribution >= 4 is 15.9 Å². The zero-order valence-corrected chi connectivity index (χ0v) is 13.4. The molecule has 106 valence electrons. The van der Waals surface area contributed by atoms with Gasteiger partial charge in [0.05, 0.1) is 6.20 Å². The summed E-state index contributed by atoms with van der Waals surface area (Å²) in [6, 6.07) is 6.32. The first-order valence-corrected chi connectivity index (χ1v) is 7.31. The number of aryl methyl sites for hydroxylation is 1. The molecular weight excluding hydrogens is 318 g/mol. The molecule has 0 aliphatic carbocycles. The molecule has 1 N–H and O–H groups in total. The van der Waals surface area contributed by atoms with Crippen LogP contribution in [0, 0.1) is 6.92 Å². The quantitative estimate of drug-likeness (QED) is 0.901. The van der Waals surface area contributed by atoms with E-state index in [2.05, 4.69) is 51.1 Å². The minimum Gasteiger partial charge on any atom is -0.437 e. The molecule has 0 fully saturated rings. The van der Waals surface area contributed by atoms with Crippen LogP contribution in [0.4, 0.5) is 0 Å². The first kappa shape index (κ1) is 14.9. The van der Waals surface area contributed by atoms with Crippen LogP contribution in [0.2, 0.25) is 0 Å². The van der Waals surface area contributed by atoms with Crippen LogP contribution in [-0.4, -0.2) is 16.0 Å². The van der Waals surface area contributed by atoms with Crippen LogP contribution < -0.4 is 10.1 Å². The normalized spacial score (nSPS) is 10.8. The van der Waals surface area contributed by atoms with E-state index in [1.807, 2.05) is 19.1 Å². The van der Waals surface area contributed by atoms with Crippen molar-refractivity contribution in [3.05, 3.63) is 46.3 Å². The largest absolute Gasteiger partial charge is 0.437 e. The SMILES string of the molecule is Cc1cc(CNC(C)C)cc(Oc2cncc(Br)c2)n1. The molecule has 0 aromatic carbocycles. The molecule has 2 aromatic heterocycles. The van der Waals surface area contributed by atoms with Crippen molar-refractivity contribution in [3.63, 3.8) is 0 Å². The minimum atomic E-state index is 0.446. The molecule has 0 saturated carbocycles. The van der Waals surface area contributed by atoms with Gasteiger partial charge in [0.1, 0.15) is 5.75 Å². The predicted molar refractivity (Wildman–Crippen MR) is 83.0 cm³/mol. The Morgan fingerprint density at radius 2 is 2.05 bits per heavy atom. The summed E-state index contributed by atoms with van der Waals surface area (Å²) in [5, 5.41) is 3.39. The molecule has 0 aliphatic heterocycles. The lowest BCUT2D eigenvalue weighted by Gasteiger charge is -2.11. The summed E-state index contributed by atoms with van der Waals surface area (Å²) in [4.78, 5) is 8.47. The van der Waals surface area contributed by atoms with Crippen molar-refractivity contribution in [3.8, 4) is 11.6 Å². The Morgan fingerprint density at radius 3 is 2.75 bits per heavy atom. The highest BCUT2D eigenvalue weighted by Crippen LogP contribution is 2.23. The third-order valence-electron chi connectivity index (χ3n) is 2.61. The molecule has 0 atom stereocenters. The van der Waals surface area contributed by atoms with E-state index >= 15 is 0 Å². The molecule has 0 bridgehead atoms. The second-order valence-electron chi connectivity index (χ2n) is 4.93. The molecule has 20 heavy (non-hydrogen) atoms. The fourth-order valence-electron chi connectivity index (χ4n) is 1.75. The van der Waals surface area contributed by atoms with Gasteiger partial charge in [-0.1, -0.05) is 13.8 Å². The monoisotopic (exact) mass is 335 g/mol. The van der Waals surface area contributed by atoms with Crippen LogP contribution in [-0.2, 0) is 6.54 Å². The van der Waals surface area contributed by atoms with Gasteiger partial charge in [-0.3, -0.25) is 4.98 Å². The van der Waals surface area contributed by atoms with Gasteiger partial charge >= 0.3 is 0 Å². The van der Waals surface area contributed by atoms with Crippen LogP contribution in [0.1, 0.15) is 25.1 Å². The van der Waals surface area contributed by atoms with E-state index in [0.29, 0.717) is 17.7 Å². The molecule has 0 radical (unpaired) electrons. The number of hydrogen-bond acceptors (Lipinski definition) is 4. The van der Waals surface area contributed by atoms with E-state index in [1.54, 1.807) is 12.4 Å². The average Bonchev–Trinajstić information content (AvgIpc) is 2.35. The first-order valence-electron chi connectivity index (χ1n) is 6.52. The maximum atomic E-state index is 5.76. The van der Waals surface area contributed by atoms with Gasteiger partial charge in [-0.05, 0) is 40.5 Å². The summed E-state index contributed by atoms with van der Waals surface area (Å²) < 4.78 is 6.64. The number of aromatic nitrogens is 2. The van der Waals surface area contributed by atoms with E-state index in [0.717, 1.165) is 22.3 Å². The van der Waals surface area contributed by atoms with Crippen molar-refractivity contribution in [2.45, 2.75) is 33.4 Å². The Labute approximate surface area is 127 Å². The zero-order valence-electron chi connectivity index (χ0n) is 11.9. The lowest BCUT2D eigenvalue weighted by Crippen LogP contribution is -2.21. The van der Waals surface area contributed by atoms with E-state index in [4.69, 9.17) is 4.74 Å². The summed E-state index contributed by atoms with van der Waals surface area (Å²) in [6.07, 6.45) is 3.38. The Hall–Kier alpha value is -1.46. The Morgan fingerprint density at radius 1 is 1.25 bits per heavy atom. The third kappa shape index (κ3) is 4.58. The second-order valence-corrected chi connectivity index (χ2v) is 5.85. The lowest BCUT2D eigenvalue weighted by molar-refractivity contribution is 0.457. The highest BCUT2D eigenvalue weighted by molar-refractivity contribution is 9.10. The van der Waals surface area contributed by atoms with Gasteiger partial charge in [-0.2, -0.15) is 0 Å². The smallest absolute Gasteiger partial charge is 0.219 e. The number of nitrogens with one attached hydrogen (secondary N) is 1. The number of halogens is 1. The van der Waals surface area contributed by atoms with Gasteiger partial charge in [0.15, 0.2) is 0 Å². The average molecular weight is 336 g/mol. The van der Waals surface area contributed by atoms with Crippen LogP contribution in [0.3, 0.4) is 0 Å². The molecule has 0 amide bonds. The fraction of sp³-hybridized carbons (Fsp3) is 0.333. The third-order valence-corrected chi connectivity index (χ3v) is 3.04. The second kappa shape index (κ2) is 6.81. The molecule has 0 aliphatic rings. The summed E-state index contributed by atoms with van der Waals surface area (Å²) in [5.74, 6) is 1.26. The van der Waals surface area contributed by atoms with Gasteiger partial charge in [-0.15, -0.1) is 0 Å². The maximum absolute atomic E-state index is 5.76. The standard InChI is InChI=1S/C15H18BrN3O/c1-10(2)18-7-12-4-11(3)19-15(5-12)20-14-6-13(16)8-17-9-14/h4-6,8-10,18H,7H2,1-3H3. The fourth-order valence-corrected chi connectivity index (χ4v) is 2.10. The predicted octanol–water partition coefficient (Wildman–Crippen LogP) is 3.84. The van der Waals surface area contributed by atoms with Crippen molar-refractivity contribution in [2.75, 3.05) is 0 Å². The summed E-state index contributed by atoms with van der Waals surface area (Å²) in [6.45, 7) is 7.01. The topological polar surface area (TPSA) is 47.0 Å². The van der Waals surface area contributed by atoms with Gasteiger partial charge < -0.3 is 10.1 Å².